The van der Waals surface area contributed by atoms with Crippen LogP contribution in [0.25, 0.3) is 17.1 Å². The zero-order chi connectivity index (χ0) is 22.7. The van der Waals surface area contributed by atoms with Gasteiger partial charge in [0.25, 0.3) is 11.8 Å². The number of aromatic nitrogens is 2. The molecule has 2 aromatic carbocycles. The lowest BCUT2D eigenvalue weighted by atomic mass is 10.1. The molecule has 1 aliphatic heterocycles. The van der Waals surface area contributed by atoms with E-state index in [0.29, 0.717) is 22.9 Å². The number of nitrogens with one attached hydrogen (secondary N) is 1. The van der Waals surface area contributed by atoms with Gasteiger partial charge in [-0.1, -0.05) is 0 Å². The monoisotopic (exact) mass is 436 g/mol. The average molecular weight is 436 g/mol. The second-order valence-electron chi connectivity index (χ2n) is 7.39. The van der Waals surface area contributed by atoms with E-state index in [1.54, 1.807) is 37.5 Å². The minimum atomic E-state index is -0.301. The molecule has 2 heterocycles. The lowest BCUT2D eigenvalue weighted by molar-refractivity contribution is -0.123. The summed E-state index contributed by atoms with van der Waals surface area (Å²) in [5.74, 6) is 1.06. The Bertz CT molecular complexity index is 1160. The SMILES string of the molecule is COc1ccc2cc1OCC(=O)NCc1cc(C(=O)N(C)CCO)cc(c1)-n1ccnc1-2. The number of hydrogen-bond acceptors (Lipinski definition) is 6. The molecule has 4 rings (SSSR count). The van der Waals surface area contributed by atoms with E-state index in [1.165, 1.54) is 12.0 Å². The Hall–Kier alpha value is -3.85. The van der Waals surface area contributed by atoms with Crippen molar-refractivity contribution in [3.63, 3.8) is 0 Å². The number of benzene rings is 2. The van der Waals surface area contributed by atoms with E-state index in [9.17, 15) is 14.7 Å². The number of hydrogen-bond donors (Lipinski definition) is 2. The van der Waals surface area contributed by atoms with Crippen molar-refractivity contribution in [1.29, 1.82) is 0 Å². The van der Waals surface area contributed by atoms with Gasteiger partial charge >= 0.3 is 0 Å². The Labute approximate surface area is 185 Å². The Morgan fingerprint density at radius 1 is 1.31 bits per heavy atom. The van der Waals surface area contributed by atoms with Gasteiger partial charge in [0, 0.05) is 49.3 Å². The minimum absolute atomic E-state index is 0.129. The molecule has 1 aromatic heterocycles. The summed E-state index contributed by atoms with van der Waals surface area (Å²) in [4.78, 5) is 31.2. The van der Waals surface area contributed by atoms with Crippen molar-refractivity contribution in [1.82, 2.24) is 19.8 Å². The number of fused-ring (bicyclic) bond motifs is 7. The number of aliphatic hydroxyl groups excluding tert-OH is 1. The van der Waals surface area contributed by atoms with E-state index in [1.807, 2.05) is 22.9 Å². The van der Waals surface area contributed by atoms with Crippen LogP contribution in [0.15, 0.2) is 48.8 Å². The minimum Gasteiger partial charge on any atom is -0.493 e. The van der Waals surface area contributed by atoms with Crippen LogP contribution < -0.4 is 14.8 Å². The quantitative estimate of drug-likeness (QED) is 0.644. The van der Waals surface area contributed by atoms with Crippen LogP contribution in [0.3, 0.4) is 0 Å². The summed E-state index contributed by atoms with van der Waals surface area (Å²) in [5.41, 5.74) is 2.69. The maximum atomic E-state index is 12.9. The molecule has 0 spiro atoms. The third-order valence-electron chi connectivity index (χ3n) is 5.20. The number of carbonyl (C=O) groups excluding carboxylic acids is 2. The maximum absolute atomic E-state index is 12.9. The van der Waals surface area contributed by atoms with Gasteiger partial charge in [0.05, 0.1) is 13.7 Å². The molecule has 0 saturated heterocycles. The van der Waals surface area contributed by atoms with Crippen LogP contribution in [0.5, 0.6) is 11.5 Å². The molecular weight excluding hydrogens is 412 g/mol. The van der Waals surface area contributed by atoms with Gasteiger partial charge in [-0.2, -0.15) is 0 Å². The Morgan fingerprint density at radius 3 is 2.94 bits per heavy atom. The topological polar surface area (TPSA) is 106 Å². The molecule has 4 bridgehead atoms. The number of amides is 2. The molecular formula is C23H24N4O5. The van der Waals surface area contributed by atoms with Gasteiger partial charge in [0.1, 0.15) is 5.82 Å². The van der Waals surface area contributed by atoms with Crippen molar-refractivity contribution < 1.29 is 24.2 Å². The molecule has 0 radical (unpaired) electrons. The van der Waals surface area contributed by atoms with Crippen LogP contribution in [0.4, 0.5) is 0 Å². The highest BCUT2D eigenvalue weighted by Crippen LogP contribution is 2.33. The highest BCUT2D eigenvalue weighted by Gasteiger charge is 2.18. The summed E-state index contributed by atoms with van der Waals surface area (Å²) in [6.45, 7) is 0.130. The van der Waals surface area contributed by atoms with Crippen LogP contribution in [0.2, 0.25) is 0 Å². The summed E-state index contributed by atoms with van der Waals surface area (Å²) >= 11 is 0. The largest absolute Gasteiger partial charge is 0.493 e. The Kier molecular flexibility index (Phi) is 6.09. The molecule has 0 fully saturated rings. The molecule has 0 aliphatic carbocycles. The summed E-state index contributed by atoms with van der Waals surface area (Å²) in [5, 5.41) is 12.0. The van der Waals surface area contributed by atoms with E-state index in [-0.39, 0.29) is 38.1 Å². The third kappa shape index (κ3) is 4.28. The Morgan fingerprint density at radius 2 is 2.16 bits per heavy atom. The second kappa shape index (κ2) is 9.11. The van der Waals surface area contributed by atoms with Crippen molar-refractivity contribution in [3.8, 4) is 28.6 Å². The third-order valence-corrected chi connectivity index (χ3v) is 5.20. The number of imidazole rings is 1. The second-order valence-corrected chi connectivity index (χ2v) is 7.39. The van der Waals surface area contributed by atoms with E-state index < -0.39 is 0 Å². The average Bonchev–Trinajstić information content (AvgIpc) is 3.30. The lowest BCUT2D eigenvalue weighted by Crippen LogP contribution is -2.30. The number of ether oxygens (including phenoxy) is 2. The molecule has 2 amide bonds. The fourth-order valence-electron chi connectivity index (χ4n) is 3.56. The van der Waals surface area contributed by atoms with Gasteiger partial charge in [-0.3, -0.25) is 14.2 Å². The normalized spacial score (nSPS) is 12.9. The summed E-state index contributed by atoms with van der Waals surface area (Å²) in [7, 11) is 3.17. The van der Waals surface area contributed by atoms with Gasteiger partial charge in [-0.25, -0.2) is 4.98 Å². The van der Waals surface area contributed by atoms with Crippen molar-refractivity contribution in [2.24, 2.45) is 0 Å². The number of rotatable bonds is 4. The van der Waals surface area contributed by atoms with Crippen LogP contribution in [-0.4, -0.2) is 65.3 Å². The maximum Gasteiger partial charge on any atom is 0.258 e. The predicted molar refractivity (Wildman–Crippen MR) is 117 cm³/mol. The van der Waals surface area contributed by atoms with Gasteiger partial charge in [-0.15, -0.1) is 0 Å². The summed E-state index contributed by atoms with van der Waals surface area (Å²) < 4.78 is 12.9. The van der Waals surface area contributed by atoms with E-state index >= 15 is 0 Å². The summed E-state index contributed by atoms with van der Waals surface area (Å²) in [6, 6.07) is 10.8. The molecule has 32 heavy (non-hydrogen) atoms. The fourth-order valence-corrected chi connectivity index (χ4v) is 3.56. The number of likely N-dealkylation sites (N-methyl/N-ethyl adjacent to an activating group) is 1. The first-order valence-corrected chi connectivity index (χ1v) is 10.1. The molecule has 1 aliphatic rings. The smallest absolute Gasteiger partial charge is 0.258 e. The van der Waals surface area contributed by atoms with Gasteiger partial charge < -0.3 is 24.8 Å². The number of carbonyl (C=O) groups is 2. The molecule has 9 nitrogen and oxygen atoms in total. The molecule has 0 atom stereocenters. The fraction of sp³-hybridized carbons (Fsp3) is 0.261. The first kappa shape index (κ1) is 21.4. The lowest BCUT2D eigenvalue weighted by Gasteiger charge is -2.18. The van der Waals surface area contributed by atoms with Crippen molar-refractivity contribution in [3.05, 3.63) is 59.9 Å². The first-order chi connectivity index (χ1) is 15.5. The summed E-state index contributed by atoms with van der Waals surface area (Å²) in [6.07, 6.45) is 3.49. The van der Waals surface area contributed by atoms with E-state index in [2.05, 4.69) is 10.3 Å². The molecule has 9 heteroatoms. The number of nitrogens with zero attached hydrogens (tertiary/aromatic N) is 3. The first-order valence-electron chi connectivity index (χ1n) is 10.1. The van der Waals surface area contributed by atoms with Crippen molar-refractivity contribution in [2.75, 3.05) is 33.9 Å². The van der Waals surface area contributed by atoms with Gasteiger partial charge in [-0.05, 0) is 42.0 Å². The van der Waals surface area contributed by atoms with Gasteiger partial charge in [0.15, 0.2) is 18.1 Å². The van der Waals surface area contributed by atoms with Gasteiger partial charge in [0.2, 0.25) is 0 Å². The highest BCUT2D eigenvalue weighted by atomic mass is 16.5. The zero-order valence-electron chi connectivity index (χ0n) is 17.9. The molecule has 0 saturated carbocycles. The molecule has 0 unspecified atom stereocenters. The van der Waals surface area contributed by atoms with Crippen LogP contribution >= 0.6 is 0 Å². The molecule has 2 N–H and O–H groups in total. The predicted octanol–water partition coefficient (Wildman–Crippen LogP) is 1.62. The van der Waals surface area contributed by atoms with Crippen LogP contribution in [-0.2, 0) is 11.3 Å². The highest BCUT2D eigenvalue weighted by molar-refractivity contribution is 5.95. The Balaban J connectivity index is 1.86. The van der Waals surface area contributed by atoms with Crippen molar-refractivity contribution in [2.45, 2.75) is 6.54 Å². The zero-order valence-corrected chi connectivity index (χ0v) is 17.9. The molecule has 166 valence electrons. The van der Waals surface area contributed by atoms with E-state index in [0.717, 1.165) is 16.8 Å². The van der Waals surface area contributed by atoms with Crippen LogP contribution in [0, 0.1) is 0 Å². The van der Waals surface area contributed by atoms with Crippen LogP contribution in [0.1, 0.15) is 15.9 Å². The standard InChI is InChI=1S/C23H24N4O5/c1-26(7-8-28)23(30)17-9-15-10-18(11-17)27-6-5-24-22(27)16-3-4-19(31-2)20(12-16)32-14-21(29)25-13-15/h3-6,9-12,28H,7-8,13-14H2,1-2H3,(H,25,29). The van der Waals surface area contributed by atoms with Crippen molar-refractivity contribution >= 4 is 11.8 Å². The number of methoxy groups -OCH3 is 1. The molecule has 3 aromatic rings. The van der Waals surface area contributed by atoms with E-state index in [4.69, 9.17) is 9.47 Å². The number of aliphatic hydroxyl groups is 1.